The fourth-order valence-corrected chi connectivity index (χ4v) is 2.80. The first kappa shape index (κ1) is 19.1. The molecule has 0 saturated carbocycles. The van der Waals surface area contributed by atoms with Crippen molar-refractivity contribution in [3.63, 3.8) is 0 Å². The number of ether oxygens (including phenoxy) is 2. The van der Waals surface area contributed by atoms with Gasteiger partial charge in [-0.1, -0.05) is 26.0 Å². The topological polar surface area (TPSA) is 47.7 Å². The second-order valence-electron chi connectivity index (χ2n) is 6.39. The van der Waals surface area contributed by atoms with Crippen molar-refractivity contribution in [3.8, 4) is 11.5 Å². The summed E-state index contributed by atoms with van der Waals surface area (Å²) in [7, 11) is 0. The molecule has 1 aromatic carbocycles. The van der Waals surface area contributed by atoms with Gasteiger partial charge in [0.1, 0.15) is 6.61 Å². The fourth-order valence-electron chi connectivity index (χ4n) is 2.80. The highest BCUT2D eigenvalue weighted by Crippen LogP contribution is 2.28. The van der Waals surface area contributed by atoms with Crippen LogP contribution in [0.5, 0.6) is 11.5 Å². The van der Waals surface area contributed by atoms with Gasteiger partial charge in [-0.2, -0.15) is 0 Å². The second-order valence-corrected chi connectivity index (χ2v) is 6.39. The summed E-state index contributed by atoms with van der Waals surface area (Å²) < 4.78 is 11.5. The minimum Gasteiger partial charge on any atom is -0.490 e. The Kier molecular flexibility index (Phi) is 7.46. The molecule has 5 heteroatoms. The van der Waals surface area contributed by atoms with Gasteiger partial charge in [0.05, 0.1) is 6.61 Å². The average Bonchev–Trinajstić information content (AvgIpc) is 2.45. The molecule has 1 fully saturated rings. The molecule has 4 nitrogen and oxygen atoms in total. The van der Waals surface area contributed by atoms with E-state index in [2.05, 4.69) is 18.7 Å². The van der Waals surface area contributed by atoms with Crippen LogP contribution < -0.4 is 15.2 Å². The van der Waals surface area contributed by atoms with Crippen LogP contribution in [0.15, 0.2) is 24.3 Å². The zero-order valence-electron chi connectivity index (χ0n) is 13.9. The van der Waals surface area contributed by atoms with Gasteiger partial charge in [-0.05, 0) is 37.4 Å². The van der Waals surface area contributed by atoms with E-state index in [0.29, 0.717) is 19.3 Å². The Balaban J connectivity index is 0.00000242. The minimum absolute atomic E-state index is 0. The van der Waals surface area contributed by atoms with Crippen LogP contribution in [0.1, 0.15) is 27.2 Å². The van der Waals surface area contributed by atoms with Crippen LogP contribution in [0.3, 0.4) is 0 Å². The molecule has 0 spiro atoms. The van der Waals surface area contributed by atoms with Gasteiger partial charge >= 0.3 is 0 Å². The van der Waals surface area contributed by atoms with Crippen molar-refractivity contribution >= 4 is 12.4 Å². The third kappa shape index (κ3) is 5.04. The van der Waals surface area contributed by atoms with Crippen LogP contribution in [-0.2, 0) is 0 Å². The van der Waals surface area contributed by atoms with Crippen LogP contribution in [0.25, 0.3) is 0 Å². The number of likely N-dealkylation sites (tertiary alicyclic amines) is 1. The van der Waals surface area contributed by atoms with Crippen LogP contribution in [0.2, 0.25) is 0 Å². The molecule has 1 saturated heterocycles. The summed E-state index contributed by atoms with van der Waals surface area (Å²) in [5.41, 5.74) is 6.36. The summed E-state index contributed by atoms with van der Waals surface area (Å²) >= 11 is 0. The standard InChI is InChI=1S/C17H28N2O2.ClH/c1-4-20-14-7-5-6-8-15(14)21-12-11-19-10-9-16(18)17(2,3)13-19;/h5-8,16H,4,9-13,18H2,1-3H3;1H. The summed E-state index contributed by atoms with van der Waals surface area (Å²) in [4.78, 5) is 2.44. The van der Waals surface area contributed by atoms with Crippen LogP contribution in [-0.4, -0.2) is 43.8 Å². The van der Waals surface area contributed by atoms with E-state index >= 15 is 0 Å². The molecular formula is C17H29ClN2O2. The molecule has 1 aliphatic heterocycles. The van der Waals surface area contributed by atoms with E-state index in [0.717, 1.165) is 37.6 Å². The lowest BCUT2D eigenvalue weighted by Crippen LogP contribution is -2.53. The summed E-state index contributed by atoms with van der Waals surface area (Å²) in [5, 5.41) is 0. The van der Waals surface area contributed by atoms with Crippen molar-refractivity contribution in [3.05, 3.63) is 24.3 Å². The van der Waals surface area contributed by atoms with Crippen molar-refractivity contribution < 1.29 is 9.47 Å². The lowest BCUT2D eigenvalue weighted by atomic mass is 9.80. The molecule has 0 aliphatic carbocycles. The molecular weight excluding hydrogens is 300 g/mol. The quantitative estimate of drug-likeness (QED) is 0.872. The Labute approximate surface area is 140 Å². The number of hydrogen-bond donors (Lipinski definition) is 1. The number of rotatable bonds is 6. The first-order valence-electron chi connectivity index (χ1n) is 7.85. The maximum absolute atomic E-state index is 6.17. The predicted octanol–water partition coefficient (Wildman–Crippen LogP) is 2.95. The van der Waals surface area contributed by atoms with Crippen molar-refractivity contribution in [2.24, 2.45) is 11.1 Å². The Morgan fingerprint density at radius 1 is 1.23 bits per heavy atom. The van der Waals surface area contributed by atoms with E-state index in [9.17, 15) is 0 Å². The molecule has 1 aliphatic rings. The largest absolute Gasteiger partial charge is 0.490 e. The van der Waals surface area contributed by atoms with Crippen LogP contribution in [0, 0.1) is 5.41 Å². The molecule has 0 amide bonds. The first-order chi connectivity index (χ1) is 10.0. The van der Waals surface area contributed by atoms with Gasteiger partial charge in [-0.3, -0.25) is 4.90 Å². The van der Waals surface area contributed by atoms with Crippen LogP contribution >= 0.6 is 12.4 Å². The molecule has 2 N–H and O–H groups in total. The monoisotopic (exact) mass is 328 g/mol. The summed E-state index contributed by atoms with van der Waals surface area (Å²) in [6.45, 7) is 10.8. The molecule has 1 atom stereocenters. The third-order valence-electron chi connectivity index (χ3n) is 4.21. The van der Waals surface area contributed by atoms with Crippen molar-refractivity contribution in [1.82, 2.24) is 4.90 Å². The van der Waals surface area contributed by atoms with Gasteiger partial charge in [-0.25, -0.2) is 0 Å². The van der Waals surface area contributed by atoms with E-state index in [1.54, 1.807) is 0 Å². The number of piperidine rings is 1. The molecule has 2 rings (SSSR count). The van der Waals surface area contributed by atoms with E-state index < -0.39 is 0 Å². The van der Waals surface area contributed by atoms with Gasteiger partial charge < -0.3 is 15.2 Å². The molecule has 1 heterocycles. The van der Waals surface area contributed by atoms with Crippen molar-refractivity contribution in [1.29, 1.82) is 0 Å². The highest BCUT2D eigenvalue weighted by Gasteiger charge is 2.33. The van der Waals surface area contributed by atoms with Crippen LogP contribution in [0.4, 0.5) is 0 Å². The molecule has 0 bridgehead atoms. The molecule has 1 aromatic rings. The van der Waals surface area contributed by atoms with Gasteiger partial charge in [0.25, 0.3) is 0 Å². The van der Waals surface area contributed by atoms with Crippen molar-refractivity contribution in [2.45, 2.75) is 33.2 Å². The third-order valence-corrected chi connectivity index (χ3v) is 4.21. The van der Waals surface area contributed by atoms with Crippen molar-refractivity contribution in [2.75, 3.05) is 32.8 Å². The zero-order valence-corrected chi connectivity index (χ0v) is 14.7. The second kappa shape index (κ2) is 8.61. The normalized spacial score (nSPS) is 21.0. The molecule has 0 aromatic heterocycles. The predicted molar refractivity (Wildman–Crippen MR) is 93.2 cm³/mol. The lowest BCUT2D eigenvalue weighted by Gasteiger charge is -2.42. The Morgan fingerprint density at radius 3 is 2.45 bits per heavy atom. The SMILES string of the molecule is CCOc1ccccc1OCCN1CCC(N)C(C)(C)C1.Cl. The maximum atomic E-state index is 6.17. The highest BCUT2D eigenvalue weighted by molar-refractivity contribution is 5.85. The Hall–Kier alpha value is -0.970. The number of benzene rings is 1. The molecule has 126 valence electrons. The first-order valence-corrected chi connectivity index (χ1v) is 7.85. The van der Waals surface area contributed by atoms with Gasteiger partial charge in [-0.15, -0.1) is 12.4 Å². The van der Waals surface area contributed by atoms with E-state index in [1.165, 1.54) is 0 Å². The number of hydrogen-bond acceptors (Lipinski definition) is 4. The van der Waals surface area contributed by atoms with E-state index in [-0.39, 0.29) is 17.8 Å². The number of nitrogens with two attached hydrogens (primary N) is 1. The lowest BCUT2D eigenvalue weighted by molar-refractivity contribution is 0.0826. The Morgan fingerprint density at radius 2 is 1.86 bits per heavy atom. The van der Waals surface area contributed by atoms with Gasteiger partial charge in [0.15, 0.2) is 11.5 Å². The van der Waals surface area contributed by atoms with Gasteiger partial charge in [0, 0.05) is 19.1 Å². The zero-order chi connectivity index (χ0) is 15.3. The molecule has 1 unspecified atom stereocenters. The Bertz CT molecular complexity index is 454. The number of nitrogens with zero attached hydrogens (tertiary/aromatic N) is 1. The fraction of sp³-hybridized carbons (Fsp3) is 0.647. The molecule has 0 radical (unpaired) electrons. The summed E-state index contributed by atoms with van der Waals surface area (Å²) in [5.74, 6) is 1.65. The smallest absolute Gasteiger partial charge is 0.161 e. The van der Waals surface area contributed by atoms with Gasteiger partial charge in [0.2, 0.25) is 0 Å². The van der Waals surface area contributed by atoms with E-state index in [1.807, 2.05) is 31.2 Å². The number of para-hydroxylation sites is 2. The average molecular weight is 329 g/mol. The minimum atomic E-state index is 0. The summed E-state index contributed by atoms with van der Waals surface area (Å²) in [6, 6.07) is 8.14. The van der Waals surface area contributed by atoms with E-state index in [4.69, 9.17) is 15.2 Å². The highest BCUT2D eigenvalue weighted by atomic mass is 35.5. The molecule has 22 heavy (non-hydrogen) atoms. The maximum Gasteiger partial charge on any atom is 0.161 e. The summed E-state index contributed by atoms with van der Waals surface area (Å²) in [6.07, 6.45) is 1.06. The number of halogens is 1.